The molecular weight excluding hydrogens is 300 g/mol. The average molecular weight is 319 g/mol. The van der Waals surface area contributed by atoms with E-state index in [0.717, 1.165) is 25.3 Å². The average Bonchev–Trinajstić information content (AvgIpc) is 2.42. The van der Waals surface area contributed by atoms with Gasteiger partial charge in [0.25, 0.3) is 0 Å². The van der Waals surface area contributed by atoms with E-state index in [4.69, 9.17) is 5.73 Å². The van der Waals surface area contributed by atoms with Gasteiger partial charge in [-0.3, -0.25) is 0 Å². The maximum absolute atomic E-state index is 14.2. The molecule has 21 heavy (non-hydrogen) atoms. The van der Waals surface area contributed by atoms with Gasteiger partial charge in [-0.1, -0.05) is 19.3 Å². The van der Waals surface area contributed by atoms with E-state index in [1.165, 1.54) is 0 Å². The predicted molar refractivity (Wildman–Crippen MR) is 75.0 cm³/mol. The highest BCUT2D eigenvalue weighted by atomic mass is 32.2. The number of hydrogen-bond acceptors (Lipinski definition) is 4. The summed E-state index contributed by atoms with van der Waals surface area (Å²) in [5, 5.41) is 10.1. The van der Waals surface area contributed by atoms with Crippen LogP contribution in [-0.4, -0.2) is 26.3 Å². The summed E-state index contributed by atoms with van der Waals surface area (Å²) in [5.41, 5.74) is 5.17. The second-order valence-electron chi connectivity index (χ2n) is 5.71. The minimum Gasteiger partial charge on any atom is -0.505 e. The van der Waals surface area contributed by atoms with Crippen LogP contribution >= 0.6 is 0 Å². The van der Waals surface area contributed by atoms with Crippen molar-refractivity contribution in [1.82, 2.24) is 0 Å². The first-order valence-corrected chi connectivity index (χ1v) is 8.73. The van der Waals surface area contributed by atoms with Crippen LogP contribution in [0, 0.1) is 11.6 Å². The van der Waals surface area contributed by atoms with Gasteiger partial charge in [0.1, 0.15) is 10.7 Å². The van der Waals surface area contributed by atoms with Gasteiger partial charge >= 0.3 is 0 Å². The summed E-state index contributed by atoms with van der Waals surface area (Å²) < 4.78 is 51.1. The molecule has 2 rings (SSSR count). The van der Waals surface area contributed by atoms with Crippen LogP contribution < -0.4 is 5.73 Å². The maximum Gasteiger partial charge on any atom is 0.186 e. The van der Waals surface area contributed by atoms with Crippen LogP contribution in [0.1, 0.15) is 37.7 Å². The van der Waals surface area contributed by atoms with Crippen LogP contribution in [0.2, 0.25) is 0 Å². The van der Waals surface area contributed by atoms with E-state index >= 15 is 0 Å². The van der Waals surface area contributed by atoms with E-state index in [1.807, 2.05) is 0 Å². The molecule has 0 aromatic heterocycles. The molecule has 118 valence electrons. The Bertz CT molecular complexity index is 653. The number of benzene rings is 1. The topological polar surface area (TPSA) is 80.4 Å². The van der Waals surface area contributed by atoms with Crippen LogP contribution in [-0.2, 0) is 15.3 Å². The molecule has 0 heterocycles. The van der Waals surface area contributed by atoms with Crippen LogP contribution in [0.5, 0.6) is 5.75 Å². The van der Waals surface area contributed by atoms with Crippen LogP contribution in [0.25, 0.3) is 0 Å². The smallest absolute Gasteiger partial charge is 0.186 e. The summed E-state index contributed by atoms with van der Waals surface area (Å²) in [6, 6.07) is 0.924. The molecule has 3 N–H and O–H groups in total. The molecule has 1 aromatic rings. The highest BCUT2D eigenvalue weighted by Crippen LogP contribution is 2.44. The number of phenols is 1. The zero-order valence-electron chi connectivity index (χ0n) is 11.8. The van der Waals surface area contributed by atoms with Gasteiger partial charge in [0.2, 0.25) is 0 Å². The Kier molecular flexibility index (Phi) is 4.26. The second kappa shape index (κ2) is 5.53. The second-order valence-corrected chi connectivity index (χ2v) is 7.67. The molecule has 0 bridgehead atoms. The highest BCUT2D eigenvalue weighted by Gasteiger charge is 2.38. The Labute approximate surface area is 122 Å². The predicted octanol–water partition coefficient (Wildman–Crippen LogP) is 2.23. The minimum absolute atomic E-state index is 0.0760. The number of sulfone groups is 1. The van der Waals surface area contributed by atoms with Crippen molar-refractivity contribution in [2.24, 2.45) is 5.73 Å². The number of aromatic hydroxyl groups is 1. The largest absolute Gasteiger partial charge is 0.505 e. The third kappa shape index (κ3) is 2.76. The van der Waals surface area contributed by atoms with Crippen molar-refractivity contribution in [3.63, 3.8) is 0 Å². The molecular formula is C14H19F2NO3S. The van der Waals surface area contributed by atoms with Gasteiger partial charge in [-0.05, 0) is 18.9 Å². The third-order valence-electron chi connectivity index (χ3n) is 4.29. The number of halogens is 2. The van der Waals surface area contributed by atoms with Gasteiger partial charge in [-0.25, -0.2) is 17.2 Å². The van der Waals surface area contributed by atoms with Crippen LogP contribution in [0.15, 0.2) is 11.0 Å². The number of rotatable bonds is 3. The van der Waals surface area contributed by atoms with Crippen molar-refractivity contribution in [1.29, 1.82) is 0 Å². The molecule has 0 spiro atoms. The van der Waals surface area contributed by atoms with Gasteiger partial charge in [-0.15, -0.1) is 0 Å². The Morgan fingerprint density at radius 2 is 1.86 bits per heavy atom. The van der Waals surface area contributed by atoms with Crippen molar-refractivity contribution < 1.29 is 22.3 Å². The molecule has 0 unspecified atom stereocenters. The fraction of sp³-hybridized carbons (Fsp3) is 0.571. The lowest BCUT2D eigenvalue weighted by atomic mass is 9.69. The Balaban J connectivity index is 2.67. The number of hydrogen-bond donors (Lipinski definition) is 2. The zero-order chi connectivity index (χ0) is 15.8. The Morgan fingerprint density at radius 3 is 2.33 bits per heavy atom. The van der Waals surface area contributed by atoms with Gasteiger partial charge in [0.05, 0.1) is 0 Å². The van der Waals surface area contributed by atoms with Gasteiger partial charge < -0.3 is 10.8 Å². The highest BCUT2D eigenvalue weighted by molar-refractivity contribution is 7.90. The van der Waals surface area contributed by atoms with E-state index in [9.17, 15) is 22.3 Å². The first-order chi connectivity index (χ1) is 9.73. The first kappa shape index (κ1) is 16.2. The van der Waals surface area contributed by atoms with E-state index < -0.39 is 37.5 Å². The third-order valence-corrected chi connectivity index (χ3v) is 5.41. The lowest BCUT2D eigenvalue weighted by Gasteiger charge is -2.37. The lowest BCUT2D eigenvalue weighted by molar-refractivity contribution is 0.283. The zero-order valence-corrected chi connectivity index (χ0v) is 12.6. The molecule has 1 aromatic carbocycles. The fourth-order valence-electron chi connectivity index (χ4n) is 3.15. The van der Waals surface area contributed by atoms with Crippen molar-refractivity contribution in [2.75, 3.05) is 12.8 Å². The van der Waals surface area contributed by atoms with Crippen molar-refractivity contribution in [2.45, 2.75) is 42.4 Å². The summed E-state index contributed by atoms with van der Waals surface area (Å²) >= 11 is 0. The summed E-state index contributed by atoms with van der Waals surface area (Å²) in [7, 11) is -4.10. The Morgan fingerprint density at radius 1 is 1.29 bits per heavy atom. The molecule has 0 amide bonds. The standard InChI is InChI=1S/C14H19F2NO3S/c1-21(19,20)13-10(15)7-9(12(18)11(13)16)14(8-17)5-3-2-4-6-14/h7,18H,2-6,8,17H2,1H3. The monoisotopic (exact) mass is 319 g/mol. The quantitative estimate of drug-likeness (QED) is 0.895. The summed E-state index contributed by atoms with van der Waals surface area (Å²) in [6.45, 7) is 0.150. The minimum atomic E-state index is -4.10. The van der Waals surface area contributed by atoms with Gasteiger partial charge in [0, 0.05) is 23.8 Å². The Hall–Kier alpha value is -1.21. The van der Waals surface area contributed by atoms with Crippen molar-refractivity contribution in [3.8, 4) is 5.75 Å². The van der Waals surface area contributed by atoms with Crippen molar-refractivity contribution in [3.05, 3.63) is 23.3 Å². The molecule has 0 radical (unpaired) electrons. The fourth-order valence-corrected chi connectivity index (χ4v) is 3.98. The number of phenolic OH excluding ortho intramolecular Hbond substituents is 1. The molecule has 0 aliphatic heterocycles. The molecule has 1 saturated carbocycles. The van der Waals surface area contributed by atoms with Gasteiger partial charge in [0.15, 0.2) is 21.4 Å². The molecule has 1 aliphatic carbocycles. The molecule has 1 fully saturated rings. The normalized spacial score (nSPS) is 18.7. The summed E-state index contributed by atoms with van der Waals surface area (Å²) in [6.07, 6.45) is 4.66. The van der Waals surface area contributed by atoms with Crippen LogP contribution in [0.4, 0.5) is 8.78 Å². The SMILES string of the molecule is CS(=O)(=O)c1c(F)cc(C2(CN)CCCCC2)c(O)c1F. The van der Waals surface area contributed by atoms with Crippen LogP contribution in [0.3, 0.4) is 0 Å². The summed E-state index contributed by atoms with van der Waals surface area (Å²) in [5.74, 6) is -3.41. The van der Waals surface area contributed by atoms with Crippen molar-refractivity contribution >= 4 is 9.84 Å². The summed E-state index contributed by atoms with van der Waals surface area (Å²) in [4.78, 5) is -1.09. The molecule has 4 nitrogen and oxygen atoms in total. The van der Waals surface area contributed by atoms with E-state index in [0.29, 0.717) is 19.1 Å². The molecule has 0 atom stereocenters. The number of nitrogens with two attached hydrogens (primary N) is 1. The molecule has 1 aliphatic rings. The van der Waals surface area contributed by atoms with Gasteiger partial charge in [-0.2, -0.15) is 0 Å². The maximum atomic E-state index is 14.2. The lowest BCUT2D eigenvalue weighted by Crippen LogP contribution is -2.37. The molecule has 7 heteroatoms. The van der Waals surface area contributed by atoms with E-state index in [-0.39, 0.29) is 12.1 Å². The van der Waals surface area contributed by atoms with E-state index in [2.05, 4.69) is 0 Å². The molecule has 0 saturated heterocycles. The first-order valence-electron chi connectivity index (χ1n) is 6.84. The van der Waals surface area contributed by atoms with E-state index in [1.54, 1.807) is 0 Å².